The first-order chi connectivity index (χ1) is 9.24. The summed E-state index contributed by atoms with van der Waals surface area (Å²) < 4.78 is 7.28. The fourth-order valence-corrected chi connectivity index (χ4v) is 2.51. The van der Waals surface area contributed by atoms with E-state index < -0.39 is 0 Å². The molecule has 1 aliphatic rings. The van der Waals surface area contributed by atoms with Crippen LogP contribution in [0.25, 0.3) is 10.9 Å². The monoisotopic (exact) mass is 261 g/mol. The summed E-state index contributed by atoms with van der Waals surface area (Å²) in [5.41, 5.74) is 1.07. The number of hydrogen-bond acceptors (Lipinski definition) is 4. The molecular weight excluding hydrogens is 246 g/mol. The molecule has 0 bridgehead atoms. The normalized spacial score (nSPS) is 16.8. The fourth-order valence-electron chi connectivity index (χ4n) is 2.51. The highest BCUT2D eigenvalue weighted by Gasteiger charge is 2.16. The molecule has 2 heterocycles. The summed E-state index contributed by atoms with van der Waals surface area (Å²) in [5, 5.41) is 15.9. The number of nitro groups is 1. The van der Waals surface area contributed by atoms with Crippen molar-refractivity contribution in [1.29, 1.82) is 0 Å². The van der Waals surface area contributed by atoms with Crippen LogP contribution in [0.2, 0.25) is 0 Å². The average Bonchev–Trinajstić information content (AvgIpc) is 2.82. The highest BCUT2D eigenvalue weighted by molar-refractivity contribution is 5.81. The Bertz CT molecular complexity index is 602. The van der Waals surface area contributed by atoms with Gasteiger partial charge in [0.25, 0.3) is 5.69 Å². The van der Waals surface area contributed by atoms with E-state index in [0.29, 0.717) is 5.92 Å². The van der Waals surface area contributed by atoms with Crippen LogP contribution in [-0.4, -0.2) is 27.9 Å². The van der Waals surface area contributed by atoms with Crippen LogP contribution in [0.15, 0.2) is 24.4 Å². The third-order valence-corrected chi connectivity index (χ3v) is 3.61. The molecule has 6 nitrogen and oxygen atoms in total. The summed E-state index contributed by atoms with van der Waals surface area (Å²) in [4.78, 5) is 10.4. The van der Waals surface area contributed by atoms with Gasteiger partial charge in [-0.05, 0) is 24.8 Å². The van der Waals surface area contributed by atoms with E-state index in [0.717, 1.165) is 43.5 Å². The number of nitrogens with zero attached hydrogens (tertiary/aromatic N) is 3. The Balaban J connectivity index is 1.86. The molecule has 0 N–H and O–H groups in total. The van der Waals surface area contributed by atoms with Crippen LogP contribution in [0.4, 0.5) is 5.69 Å². The minimum atomic E-state index is -0.380. The second-order valence-electron chi connectivity index (χ2n) is 4.88. The Hall–Kier alpha value is -1.95. The third kappa shape index (κ3) is 2.44. The zero-order chi connectivity index (χ0) is 13.2. The molecule has 1 fully saturated rings. The number of ether oxygens (including phenoxy) is 1. The second-order valence-corrected chi connectivity index (χ2v) is 4.88. The smallest absolute Gasteiger partial charge is 0.270 e. The summed E-state index contributed by atoms with van der Waals surface area (Å²) in [6.45, 7) is 2.48. The SMILES string of the molecule is O=[N+]([O-])c1ccc2c(cnn2CC2CCOCC2)c1. The predicted octanol–water partition coefficient (Wildman–Crippen LogP) is 2.37. The zero-order valence-corrected chi connectivity index (χ0v) is 10.5. The minimum absolute atomic E-state index is 0.109. The molecule has 0 radical (unpaired) electrons. The quantitative estimate of drug-likeness (QED) is 0.628. The van der Waals surface area contributed by atoms with Crippen molar-refractivity contribution in [3.05, 3.63) is 34.5 Å². The number of non-ortho nitro benzene ring substituents is 1. The zero-order valence-electron chi connectivity index (χ0n) is 10.5. The van der Waals surface area contributed by atoms with Crippen molar-refractivity contribution in [1.82, 2.24) is 9.78 Å². The number of benzene rings is 1. The largest absolute Gasteiger partial charge is 0.381 e. The van der Waals surface area contributed by atoms with Gasteiger partial charge in [-0.1, -0.05) is 0 Å². The lowest BCUT2D eigenvalue weighted by molar-refractivity contribution is -0.384. The lowest BCUT2D eigenvalue weighted by atomic mass is 10.0. The molecule has 0 atom stereocenters. The van der Waals surface area contributed by atoms with Crippen LogP contribution in [-0.2, 0) is 11.3 Å². The Morgan fingerprint density at radius 2 is 2.21 bits per heavy atom. The van der Waals surface area contributed by atoms with Gasteiger partial charge in [-0.15, -0.1) is 0 Å². The number of fused-ring (bicyclic) bond motifs is 1. The molecule has 3 rings (SSSR count). The van der Waals surface area contributed by atoms with Crippen LogP contribution in [0, 0.1) is 16.0 Å². The van der Waals surface area contributed by atoms with Gasteiger partial charge in [-0.2, -0.15) is 5.10 Å². The third-order valence-electron chi connectivity index (χ3n) is 3.61. The van der Waals surface area contributed by atoms with E-state index in [4.69, 9.17) is 4.74 Å². The predicted molar refractivity (Wildman–Crippen MR) is 69.9 cm³/mol. The molecule has 19 heavy (non-hydrogen) atoms. The molecule has 0 amide bonds. The van der Waals surface area contributed by atoms with Crippen molar-refractivity contribution >= 4 is 16.6 Å². The van der Waals surface area contributed by atoms with Crippen molar-refractivity contribution in [2.24, 2.45) is 5.92 Å². The van der Waals surface area contributed by atoms with Crippen molar-refractivity contribution in [2.75, 3.05) is 13.2 Å². The molecule has 6 heteroatoms. The molecule has 2 aromatic rings. The first-order valence-electron chi connectivity index (χ1n) is 6.42. The Kier molecular flexibility index (Phi) is 3.16. The Morgan fingerprint density at radius 3 is 2.95 bits per heavy atom. The molecular formula is C13H15N3O3. The first kappa shape index (κ1) is 12.1. The first-order valence-corrected chi connectivity index (χ1v) is 6.42. The summed E-state index contributed by atoms with van der Waals surface area (Å²) in [5.74, 6) is 0.576. The van der Waals surface area contributed by atoms with E-state index in [1.54, 1.807) is 18.3 Å². The summed E-state index contributed by atoms with van der Waals surface area (Å²) in [7, 11) is 0. The van der Waals surface area contributed by atoms with E-state index in [-0.39, 0.29) is 10.6 Å². The molecule has 0 unspecified atom stereocenters. The van der Waals surface area contributed by atoms with Crippen molar-refractivity contribution in [3.8, 4) is 0 Å². The van der Waals surface area contributed by atoms with Gasteiger partial charge in [0.2, 0.25) is 0 Å². The van der Waals surface area contributed by atoms with Crippen molar-refractivity contribution in [2.45, 2.75) is 19.4 Å². The highest BCUT2D eigenvalue weighted by atomic mass is 16.6. The lowest BCUT2D eigenvalue weighted by Gasteiger charge is -2.22. The summed E-state index contributed by atoms with van der Waals surface area (Å²) in [6.07, 6.45) is 3.80. The molecule has 1 aliphatic heterocycles. The molecule has 0 saturated carbocycles. The van der Waals surface area contributed by atoms with E-state index in [9.17, 15) is 10.1 Å². The Morgan fingerprint density at radius 1 is 1.42 bits per heavy atom. The maximum absolute atomic E-state index is 10.7. The maximum atomic E-state index is 10.7. The van der Waals surface area contributed by atoms with Gasteiger partial charge in [0.15, 0.2) is 0 Å². The second kappa shape index (κ2) is 4.97. The van der Waals surface area contributed by atoms with Gasteiger partial charge in [-0.3, -0.25) is 14.8 Å². The lowest BCUT2D eigenvalue weighted by Crippen LogP contribution is -2.20. The Labute approximate surface area is 110 Å². The number of hydrogen-bond donors (Lipinski definition) is 0. The molecule has 1 saturated heterocycles. The van der Waals surface area contributed by atoms with Crippen LogP contribution < -0.4 is 0 Å². The van der Waals surface area contributed by atoms with E-state index >= 15 is 0 Å². The molecule has 0 aliphatic carbocycles. The fraction of sp³-hybridized carbons (Fsp3) is 0.462. The van der Waals surface area contributed by atoms with Gasteiger partial charge in [-0.25, -0.2) is 0 Å². The van der Waals surface area contributed by atoms with Crippen LogP contribution >= 0.6 is 0 Å². The van der Waals surface area contributed by atoms with Gasteiger partial charge < -0.3 is 4.74 Å². The summed E-state index contributed by atoms with van der Waals surface area (Å²) in [6, 6.07) is 4.88. The van der Waals surface area contributed by atoms with E-state index in [1.807, 2.05) is 4.68 Å². The maximum Gasteiger partial charge on any atom is 0.270 e. The molecule has 0 spiro atoms. The number of rotatable bonds is 3. The number of nitro benzene ring substituents is 1. The van der Waals surface area contributed by atoms with Crippen molar-refractivity contribution < 1.29 is 9.66 Å². The average molecular weight is 261 g/mol. The van der Waals surface area contributed by atoms with Crippen molar-refractivity contribution in [3.63, 3.8) is 0 Å². The van der Waals surface area contributed by atoms with Crippen LogP contribution in [0.1, 0.15) is 12.8 Å². The molecule has 1 aromatic carbocycles. The topological polar surface area (TPSA) is 70.2 Å². The van der Waals surface area contributed by atoms with Gasteiger partial charge in [0.1, 0.15) is 0 Å². The highest BCUT2D eigenvalue weighted by Crippen LogP contribution is 2.23. The minimum Gasteiger partial charge on any atom is -0.381 e. The molecule has 100 valence electrons. The van der Waals surface area contributed by atoms with E-state index in [1.165, 1.54) is 6.07 Å². The number of aromatic nitrogens is 2. The summed E-state index contributed by atoms with van der Waals surface area (Å²) >= 11 is 0. The van der Waals surface area contributed by atoms with Gasteiger partial charge in [0, 0.05) is 37.3 Å². The standard InChI is InChI=1S/C13H15N3O3/c17-16(18)12-1-2-13-11(7-12)8-14-15(13)9-10-3-5-19-6-4-10/h1-2,7-8,10H,3-6,9H2. The van der Waals surface area contributed by atoms with Gasteiger partial charge in [0.05, 0.1) is 16.6 Å². The van der Waals surface area contributed by atoms with Crippen LogP contribution in [0.3, 0.4) is 0 Å². The van der Waals surface area contributed by atoms with Crippen LogP contribution in [0.5, 0.6) is 0 Å². The molecule has 1 aromatic heterocycles. The van der Waals surface area contributed by atoms with E-state index in [2.05, 4.69) is 5.10 Å². The van der Waals surface area contributed by atoms with Gasteiger partial charge >= 0.3 is 0 Å².